The standard InChI is InChI=1S/C21H34N4O/c1-7-9-15-25(8-2)21-22-17-19(18(3)23-21)16-20(26-6)13-11-10-12-14-24(4)5/h16-17H,7-9,12-15H2,1-6H3/b20-16+. The lowest BCUT2D eigenvalue weighted by atomic mass is 10.2. The van der Waals surface area contributed by atoms with E-state index in [1.54, 1.807) is 7.11 Å². The Bertz CT molecular complexity index is 629. The normalized spacial score (nSPS) is 11.3. The van der Waals surface area contributed by atoms with Crippen LogP contribution in [0.1, 0.15) is 50.8 Å². The van der Waals surface area contributed by atoms with E-state index < -0.39 is 0 Å². The van der Waals surface area contributed by atoms with Crippen molar-refractivity contribution in [1.29, 1.82) is 0 Å². The Kier molecular flexibility index (Phi) is 10.4. The zero-order chi connectivity index (χ0) is 19.4. The van der Waals surface area contributed by atoms with Crippen LogP contribution in [0.4, 0.5) is 5.95 Å². The summed E-state index contributed by atoms with van der Waals surface area (Å²) in [5.41, 5.74) is 1.94. The molecule has 1 aromatic rings. The first kappa shape index (κ1) is 22.0. The molecule has 144 valence electrons. The predicted molar refractivity (Wildman–Crippen MR) is 110 cm³/mol. The third-order valence-electron chi connectivity index (χ3n) is 4.10. The number of anilines is 1. The van der Waals surface area contributed by atoms with E-state index in [2.05, 4.69) is 59.6 Å². The fraction of sp³-hybridized carbons (Fsp3) is 0.619. The van der Waals surface area contributed by atoms with Crippen LogP contribution >= 0.6 is 0 Å². The molecule has 0 bridgehead atoms. The smallest absolute Gasteiger partial charge is 0.225 e. The Morgan fingerprint density at radius 3 is 2.58 bits per heavy atom. The summed E-state index contributed by atoms with van der Waals surface area (Å²) >= 11 is 0. The lowest BCUT2D eigenvalue weighted by Crippen LogP contribution is -2.26. The topological polar surface area (TPSA) is 41.5 Å². The van der Waals surface area contributed by atoms with E-state index in [9.17, 15) is 0 Å². The van der Waals surface area contributed by atoms with E-state index in [1.165, 1.54) is 6.42 Å². The zero-order valence-electron chi connectivity index (χ0n) is 17.3. The second-order valence-electron chi connectivity index (χ2n) is 6.54. The van der Waals surface area contributed by atoms with Gasteiger partial charge in [-0.1, -0.05) is 19.3 Å². The average molecular weight is 359 g/mol. The minimum atomic E-state index is 0.600. The maximum absolute atomic E-state index is 5.47. The Hall–Kier alpha value is -2.06. The van der Waals surface area contributed by atoms with Crippen LogP contribution in [0.15, 0.2) is 12.0 Å². The van der Waals surface area contributed by atoms with Gasteiger partial charge in [-0.25, -0.2) is 9.97 Å². The van der Waals surface area contributed by atoms with Crippen LogP contribution in [0.25, 0.3) is 6.08 Å². The lowest BCUT2D eigenvalue weighted by Gasteiger charge is -2.21. The first-order valence-corrected chi connectivity index (χ1v) is 9.45. The van der Waals surface area contributed by atoms with Gasteiger partial charge in [-0.05, 0) is 40.4 Å². The number of methoxy groups -OCH3 is 1. The molecule has 26 heavy (non-hydrogen) atoms. The molecule has 0 aliphatic rings. The van der Waals surface area contributed by atoms with Crippen LogP contribution in [-0.2, 0) is 4.74 Å². The molecule has 0 unspecified atom stereocenters. The molecule has 0 radical (unpaired) electrons. The minimum absolute atomic E-state index is 0.600. The molecule has 0 aromatic carbocycles. The Labute approximate surface area is 159 Å². The summed E-state index contributed by atoms with van der Waals surface area (Å²) in [5, 5.41) is 0. The van der Waals surface area contributed by atoms with Crippen molar-refractivity contribution in [2.45, 2.75) is 46.5 Å². The molecule has 0 atom stereocenters. The molecule has 1 heterocycles. The highest BCUT2D eigenvalue weighted by molar-refractivity contribution is 5.54. The number of rotatable bonds is 10. The minimum Gasteiger partial charge on any atom is -0.500 e. The van der Waals surface area contributed by atoms with Gasteiger partial charge in [0.1, 0.15) is 5.76 Å². The van der Waals surface area contributed by atoms with E-state index in [0.717, 1.165) is 55.4 Å². The Morgan fingerprint density at radius 2 is 2.00 bits per heavy atom. The fourth-order valence-electron chi connectivity index (χ4n) is 2.38. The van der Waals surface area contributed by atoms with Crippen molar-refractivity contribution >= 4 is 12.0 Å². The SMILES string of the molecule is CCCCN(CC)c1ncc(/C=C(\CC#CCCN(C)C)OC)c(C)n1. The zero-order valence-corrected chi connectivity index (χ0v) is 17.3. The van der Waals surface area contributed by atoms with E-state index in [-0.39, 0.29) is 0 Å². The molecular formula is C21H34N4O. The number of aromatic nitrogens is 2. The van der Waals surface area contributed by atoms with Crippen molar-refractivity contribution in [3.8, 4) is 11.8 Å². The Balaban J connectivity index is 2.81. The second-order valence-corrected chi connectivity index (χ2v) is 6.54. The first-order valence-electron chi connectivity index (χ1n) is 9.45. The van der Waals surface area contributed by atoms with E-state index in [0.29, 0.717) is 6.42 Å². The van der Waals surface area contributed by atoms with Crippen LogP contribution in [0.3, 0.4) is 0 Å². The molecule has 5 nitrogen and oxygen atoms in total. The highest BCUT2D eigenvalue weighted by atomic mass is 16.5. The van der Waals surface area contributed by atoms with Gasteiger partial charge in [-0.3, -0.25) is 0 Å². The average Bonchev–Trinajstić information content (AvgIpc) is 2.62. The molecule has 0 saturated carbocycles. The molecule has 1 rings (SSSR count). The van der Waals surface area contributed by atoms with Crippen molar-refractivity contribution in [1.82, 2.24) is 14.9 Å². The number of hydrogen-bond donors (Lipinski definition) is 0. The highest BCUT2D eigenvalue weighted by Gasteiger charge is 2.09. The van der Waals surface area contributed by atoms with Gasteiger partial charge < -0.3 is 14.5 Å². The third-order valence-corrected chi connectivity index (χ3v) is 4.10. The highest BCUT2D eigenvalue weighted by Crippen LogP contribution is 2.16. The van der Waals surface area contributed by atoms with E-state index in [4.69, 9.17) is 4.74 Å². The van der Waals surface area contributed by atoms with Gasteiger partial charge in [-0.2, -0.15) is 0 Å². The van der Waals surface area contributed by atoms with Crippen LogP contribution in [0.2, 0.25) is 0 Å². The van der Waals surface area contributed by atoms with Gasteiger partial charge in [0, 0.05) is 37.8 Å². The summed E-state index contributed by atoms with van der Waals surface area (Å²) in [7, 11) is 5.79. The van der Waals surface area contributed by atoms with Crippen LogP contribution in [-0.4, -0.2) is 55.7 Å². The summed E-state index contributed by atoms with van der Waals surface area (Å²) in [6.45, 7) is 9.23. The number of allylic oxidation sites excluding steroid dienone is 1. The molecule has 0 fully saturated rings. The van der Waals surface area contributed by atoms with Crippen molar-refractivity contribution in [3.63, 3.8) is 0 Å². The van der Waals surface area contributed by atoms with E-state index in [1.807, 2.05) is 19.2 Å². The lowest BCUT2D eigenvalue weighted by molar-refractivity contribution is 0.290. The van der Waals surface area contributed by atoms with Gasteiger partial charge in [-0.15, -0.1) is 5.92 Å². The van der Waals surface area contributed by atoms with Crippen LogP contribution in [0.5, 0.6) is 0 Å². The molecule has 0 N–H and O–H groups in total. The monoisotopic (exact) mass is 358 g/mol. The molecule has 0 aliphatic heterocycles. The molecule has 0 amide bonds. The van der Waals surface area contributed by atoms with E-state index >= 15 is 0 Å². The Morgan fingerprint density at radius 1 is 1.23 bits per heavy atom. The van der Waals surface area contributed by atoms with Crippen molar-refractivity contribution in [2.24, 2.45) is 0 Å². The number of aryl methyl sites for hydroxylation is 1. The van der Waals surface area contributed by atoms with Gasteiger partial charge in [0.2, 0.25) is 5.95 Å². The third kappa shape index (κ3) is 7.88. The van der Waals surface area contributed by atoms with Gasteiger partial charge in [0.15, 0.2) is 0 Å². The van der Waals surface area contributed by atoms with Gasteiger partial charge >= 0.3 is 0 Å². The molecule has 0 spiro atoms. The van der Waals surface area contributed by atoms with Crippen LogP contribution in [0, 0.1) is 18.8 Å². The van der Waals surface area contributed by atoms with Crippen molar-refractivity contribution < 1.29 is 4.74 Å². The number of nitrogens with zero attached hydrogens (tertiary/aromatic N) is 4. The maximum atomic E-state index is 5.47. The largest absolute Gasteiger partial charge is 0.500 e. The first-order chi connectivity index (χ1) is 12.5. The van der Waals surface area contributed by atoms with Gasteiger partial charge in [0.25, 0.3) is 0 Å². The molecule has 5 heteroatoms. The number of ether oxygens (including phenoxy) is 1. The molecule has 0 saturated heterocycles. The molecule has 1 aromatic heterocycles. The summed E-state index contributed by atoms with van der Waals surface area (Å²) in [6.07, 6.45) is 7.66. The fourth-order valence-corrected chi connectivity index (χ4v) is 2.38. The van der Waals surface area contributed by atoms with Crippen LogP contribution < -0.4 is 4.90 Å². The summed E-state index contributed by atoms with van der Waals surface area (Å²) in [4.78, 5) is 13.6. The summed E-state index contributed by atoms with van der Waals surface area (Å²) in [5.74, 6) is 7.99. The van der Waals surface area contributed by atoms with Gasteiger partial charge in [0.05, 0.1) is 19.2 Å². The molecule has 0 aliphatic carbocycles. The maximum Gasteiger partial charge on any atom is 0.225 e. The summed E-state index contributed by atoms with van der Waals surface area (Å²) in [6, 6.07) is 0. The quantitative estimate of drug-likeness (QED) is 0.471. The van der Waals surface area contributed by atoms with Crippen molar-refractivity contribution in [2.75, 3.05) is 45.7 Å². The predicted octanol–water partition coefficient (Wildman–Crippen LogP) is 3.74. The second kappa shape index (κ2) is 12.3. The summed E-state index contributed by atoms with van der Waals surface area (Å²) < 4.78 is 5.47. The number of hydrogen-bond acceptors (Lipinski definition) is 5. The molecular weight excluding hydrogens is 324 g/mol. The van der Waals surface area contributed by atoms with Crippen molar-refractivity contribution in [3.05, 3.63) is 23.2 Å². The number of unbranched alkanes of at least 4 members (excludes halogenated alkanes) is 1.